The smallest absolute Gasteiger partial charge is 0.335 e. The lowest BCUT2D eigenvalue weighted by Crippen LogP contribution is -2.39. The molecule has 1 atom stereocenters. The van der Waals surface area contributed by atoms with Crippen LogP contribution in [0.1, 0.15) is 72.0 Å². The minimum Gasteiger partial charge on any atom is -0.493 e. The molecule has 3 rings (SSSR count). The monoisotopic (exact) mass is 478 g/mol. The highest BCUT2D eigenvalue weighted by molar-refractivity contribution is 5.87. The Balaban J connectivity index is 1.71. The normalized spacial score (nSPS) is 14.8. The number of carboxylic acids is 2. The molecule has 0 fully saturated rings. The molecule has 0 aromatic heterocycles. The summed E-state index contributed by atoms with van der Waals surface area (Å²) >= 11 is 0. The summed E-state index contributed by atoms with van der Waals surface area (Å²) in [4.78, 5) is 24.6. The highest BCUT2D eigenvalue weighted by Crippen LogP contribution is 2.32. The van der Waals surface area contributed by atoms with Gasteiger partial charge in [-0.05, 0) is 86.4 Å². The highest BCUT2D eigenvalue weighted by Gasteiger charge is 2.26. The summed E-state index contributed by atoms with van der Waals surface area (Å²) in [6.07, 6.45) is 6.63. The first-order chi connectivity index (χ1) is 17.0. The number of rotatable bonds is 14. The van der Waals surface area contributed by atoms with Crippen LogP contribution in [-0.4, -0.2) is 46.2 Å². The van der Waals surface area contributed by atoms with Gasteiger partial charge in [-0.25, -0.2) is 4.79 Å². The number of aliphatic carboxylic acids is 1. The second-order valence-corrected chi connectivity index (χ2v) is 9.08. The predicted octanol–water partition coefficient (Wildman–Crippen LogP) is 5.07. The Bertz CT molecular complexity index is 1030. The zero-order chi connectivity index (χ0) is 25.0. The molecule has 0 spiro atoms. The third-order valence-corrected chi connectivity index (χ3v) is 6.55. The van der Waals surface area contributed by atoms with Crippen molar-refractivity contribution in [1.29, 1.82) is 5.26 Å². The van der Waals surface area contributed by atoms with E-state index in [1.165, 1.54) is 11.1 Å². The Morgan fingerprint density at radius 1 is 1.06 bits per heavy atom. The van der Waals surface area contributed by atoms with Crippen molar-refractivity contribution in [2.45, 2.75) is 70.4 Å². The molecule has 0 radical (unpaired) electrons. The van der Waals surface area contributed by atoms with Crippen LogP contribution >= 0.6 is 0 Å². The average molecular weight is 479 g/mol. The van der Waals surface area contributed by atoms with Crippen molar-refractivity contribution < 1.29 is 24.5 Å². The van der Waals surface area contributed by atoms with E-state index in [0.717, 1.165) is 56.4 Å². The van der Waals surface area contributed by atoms with Gasteiger partial charge in [-0.3, -0.25) is 9.69 Å². The fourth-order valence-electron chi connectivity index (χ4n) is 4.64. The van der Waals surface area contributed by atoms with E-state index in [2.05, 4.69) is 17.0 Å². The summed E-state index contributed by atoms with van der Waals surface area (Å²) in [5.41, 5.74) is 3.86. The lowest BCUT2D eigenvalue weighted by molar-refractivity contribution is -0.137. The van der Waals surface area contributed by atoms with Crippen LogP contribution in [0.5, 0.6) is 5.75 Å². The molecular formula is C28H34N2O5. The predicted molar refractivity (Wildman–Crippen MR) is 133 cm³/mol. The van der Waals surface area contributed by atoms with Crippen LogP contribution < -0.4 is 4.74 Å². The summed E-state index contributed by atoms with van der Waals surface area (Å²) in [6, 6.07) is 15.7. The molecule has 0 heterocycles. The Hall–Kier alpha value is -3.37. The van der Waals surface area contributed by atoms with Gasteiger partial charge in [0.2, 0.25) is 0 Å². The van der Waals surface area contributed by atoms with Crippen LogP contribution in [0, 0.1) is 11.3 Å². The number of aryl methyl sites for hydroxylation is 1. The maximum absolute atomic E-state index is 11.2. The second-order valence-electron chi connectivity index (χ2n) is 9.08. The molecular weight excluding hydrogens is 444 g/mol. The van der Waals surface area contributed by atoms with E-state index in [9.17, 15) is 14.7 Å². The molecule has 0 amide bonds. The number of hydrogen-bond donors (Lipinski definition) is 2. The molecule has 2 aromatic rings. The SMILES string of the molecule is N#CCCCCOc1cccc2c1CC(N(CCCCC(=O)O)Cc1ccc(C(=O)O)cc1)CC2. The highest BCUT2D eigenvalue weighted by atomic mass is 16.5. The molecule has 0 saturated carbocycles. The average Bonchev–Trinajstić information content (AvgIpc) is 2.85. The fourth-order valence-corrected chi connectivity index (χ4v) is 4.64. The number of nitrogens with zero attached hydrogens (tertiary/aromatic N) is 2. The van der Waals surface area contributed by atoms with Crippen LogP contribution in [-0.2, 0) is 24.2 Å². The number of carbonyl (C=O) groups is 2. The van der Waals surface area contributed by atoms with E-state index in [1.807, 2.05) is 24.3 Å². The molecule has 0 aliphatic heterocycles. The Kier molecular flexibility index (Phi) is 10.1. The van der Waals surface area contributed by atoms with Gasteiger partial charge in [0.25, 0.3) is 0 Å². The molecule has 186 valence electrons. The first-order valence-corrected chi connectivity index (χ1v) is 12.4. The van der Waals surface area contributed by atoms with Crippen molar-refractivity contribution >= 4 is 11.9 Å². The first-order valence-electron chi connectivity index (χ1n) is 12.4. The maximum Gasteiger partial charge on any atom is 0.335 e. The van der Waals surface area contributed by atoms with Crippen LogP contribution in [0.15, 0.2) is 42.5 Å². The van der Waals surface area contributed by atoms with E-state index < -0.39 is 11.9 Å². The zero-order valence-electron chi connectivity index (χ0n) is 20.1. The maximum atomic E-state index is 11.2. The minimum atomic E-state index is -0.939. The van der Waals surface area contributed by atoms with Crippen molar-refractivity contribution in [3.05, 3.63) is 64.7 Å². The number of unbranched alkanes of at least 4 members (excludes halogenated alkanes) is 3. The first kappa shape index (κ1) is 26.2. The molecule has 1 aliphatic carbocycles. The molecule has 35 heavy (non-hydrogen) atoms. The van der Waals surface area contributed by atoms with E-state index in [-0.39, 0.29) is 18.0 Å². The molecule has 1 aliphatic rings. The van der Waals surface area contributed by atoms with Gasteiger partial charge in [0.15, 0.2) is 0 Å². The van der Waals surface area contributed by atoms with Crippen molar-refractivity contribution in [1.82, 2.24) is 4.90 Å². The van der Waals surface area contributed by atoms with Crippen molar-refractivity contribution in [2.75, 3.05) is 13.2 Å². The van der Waals surface area contributed by atoms with E-state index in [4.69, 9.17) is 15.1 Å². The number of fused-ring (bicyclic) bond motifs is 1. The quantitative estimate of drug-likeness (QED) is 0.365. The summed E-state index contributed by atoms with van der Waals surface area (Å²) in [7, 11) is 0. The molecule has 7 heteroatoms. The molecule has 2 N–H and O–H groups in total. The van der Waals surface area contributed by atoms with E-state index >= 15 is 0 Å². The number of carboxylic acid groups (broad SMARTS) is 2. The summed E-state index contributed by atoms with van der Waals surface area (Å²) < 4.78 is 6.11. The lowest BCUT2D eigenvalue weighted by Gasteiger charge is -2.36. The van der Waals surface area contributed by atoms with E-state index in [0.29, 0.717) is 26.0 Å². The zero-order valence-corrected chi connectivity index (χ0v) is 20.1. The molecule has 0 bridgehead atoms. The topological polar surface area (TPSA) is 111 Å². The van der Waals surface area contributed by atoms with Gasteiger partial charge in [-0.2, -0.15) is 5.26 Å². The van der Waals surface area contributed by atoms with Crippen LogP contribution in [0.25, 0.3) is 0 Å². The van der Waals surface area contributed by atoms with Gasteiger partial charge in [-0.1, -0.05) is 24.3 Å². The number of hydrogen-bond acceptors (Lipinski definition) is 5. The number of nitriles is 1. The van der Waals surface area contributed by atoms with Gasteiger partial charge in [0, 0.05) is 25.4 Å². The molecule has 0 saturated heterocycles. The van der Waals surface area contributed by atoms with Gasteiger partial charge < -0.3 is 14.9 Å². The van der Waals surface area contributed by atoms with Crippen molar-refractivity contribution in [3.8, 4) is 11.8 Å². The Morgan fingerprint density at radius 2 is 1.86 bits per heavy atom. The Labute approximate surface area is 206 Å². The van der Waals surface area contributed by atoms with Crippen molar-refractivity contribution in [2.24, 2.45) is 0 Å². The largest absolute Gasteiger partial charge is 0.493 e. The molecule has 7 nitrogen and oxygen atoms in total. The Morgan fingerprint density at radius 3 is 2.57 bits per heavy atom. The van der Waals surface area contributed by atoms with Gasteiger partial charge >= 0.3 is 11.9 Å². The lowest BCUT2D eigenvalue weighted by atomic mass is 9.86. The van der Waals surface area contributed by atoms with Crippen LogP contribution in [0.4, 0.5) is 0 Å². The van der Waals surface area contributed by atoms with Gasteiger partial charge in [0.05, 0.1) is 18.2 Å². The van der Waals surface area contributed by atoms with Crippen LogP contribution in [0.3, 0.4) is 0 Å². The fraction of sp³-hybridized carbons (Fsp3) is 0.464. The van der Waals surface area contributed by atoms with Gasteiger partial charge in [0.1, 0.15) is 5.75 Å². The number of aromatic carboxylic acids is 1. The van der Waals surface area contributed by atoms with E-state index in [1.54, 1.807) is 12.1 Å². The second kappa shape index (κ2) is 13.5. The summed E-state index contributed by atoms with van der Waals surface area (Å²) in [5.74, 6) is -0.795. The minimum absolute atomic E-state index is 0.165. The van der Waals surface area contributed by atoms with Crippen LogP contribution in [0.2, 0.25) is 0 Å². The third-order valence-electron chi connectivity index (χ3n) is 6.55. The third kappa shape index (κ3) is 8.11. The summed E-state index contributed by atoms with van der Waals surface area (Å²) in [6.45, 7) is 2.06. The van der Waals surface area contributed by atoms with Gasteiger partial charge in [-0.15, -0.1) is 0 Å². The van der Waals surface area contributed by atoms with Crippen molar-refractivity contribution in [3.63, 3.8) is 0 Å². The standard InChI is InChI=1S/C28H34N2O5/c29-16-3-1-5-18-35-26-8-6-7-22-14-15-24(19-25(22)26)30(17-4-2-9-27(31)32)20-21-10-12-23(13-11-21)28(33)34/h6-8,10-13,24H,1-5,9,14-15,17-20H2,(H,31,32)(H,33,34). The summed E-state index contributed by atoms with van der Waals surface area (Å²) in [5, 5.41) is 26.9. The molecule has 2 aromatic carbocycles. The number of benzene rings is 2. The molecule has 1 unspecified atom stereocenters. The number of ether oxygens (including phenoxy) is 1.